The number of amides is 1. The monoisotopic (exact) mass is 372 g/mol. The maximum atomic E-state index is 12.7. The van der Waals surface area contributed by atoms with Gasteiger partial charge in [-0.1, -0.05) is 18.2 Å². The number of hydrogen-bond donors (Lipinski definition) is 1. The first kappa shape index (κ1) is 18.1. The molecule has 26 heavy (non-hydrogen) atoms. The van der Waals surface area contributed by atoms with Crippen molar-refractivity contribution in [1.82, 2.24) is 0 Å². The van der Waals surface area contributed by atoms with E-state index in [9.17, 15) is 18.0 Å². The maximum Gasteiger partial charge on any atom is 0.261 e. The number of Topliss-reactive ketones (excluding diaryl/α,β-unsaturated/α-hetero) is 1. The fourth-order valence-corrected chi connectivity index (χ4v) is 4.06. The third kappa shape index (κ3) is 3.62. The second-order valence-electron chi connectivity index (χ2n) is 6.34. The van der Waals surface area contributed by atoms with Crippen LogP contribution in [0.2, 0.25) is 0 Å². The highest BCUT2D eigenvalue weighted by atomic mass is 32.2. The number of hydrogen-bond acceptors (Lipinski definition) is 4. The first-order valence-electron chi connectivity index (χ1n) is 8.33. The van der Waals surface area contributed by atoms with Crippen molar-refractivity contribution in [2.75, 3.05) is 16.2 Å². The molecule has 0 aliphatic carbocycles. The molecular formula is C19H20N2O4S. The van der Waals surface area contributed by atoms with Crippen molar-refractivity contribution in [3.05, 3.63) is 53.6 Å². The number of rotatable bonds is 5. The number of benzene rings is 2. The van der Waals surface area contributed by atoms with E-state index in [1.54, 1.807) is 29.2 Å². The van der Waals surface area contributed by atoms with E-state index in [0.29, 0.717) is 29.9 Å². The fourth-order valence-electron chi connectivity index (χ4n) is 2.96. The van der Waals surface area contributed by atoms with Crippen LogP contribution in [0.5, 0.6) is 0 Å². The van der Waals surface area contributed by atoms with Gasteiger partial charge in [0, 0.05) is 24.2 Å². The number of aryl methyl sites for hydroxylation is 1. The molecule has 2 aromatic rings. The molecule has 1 amide bonds. The van der Waals surface area contributed by atoms with E-state index in [-0.39, 0.29) is 16.6 Å². The van der Waals surface area contributed by atoms with Crippen molar-refractivity contribution in [3.8, 4) is 0 Å². The van der Waals surface area contributed by atoms with Crippen molar-refractivity contribution in [1.29, 1.82) is 0 Å². The third-order valence-electron chi connectivity index (χ3n) is 4.38. The van der Waals surface area contributed by atoms with Crippen LogP contribution in [0.25, 0.3) is 0 Å². The number of nitrogens with one attached hydrogen (secondary N) is 1. The maximum absolute atomic E-state index is 12.7. The summed E-state index contributed by atoms with van der Waals surface area (Å²) in [6.45, 7) is 3.91. The second kappa shape index (κ2) is 6.92. The summed E-state index contributed by atoms with van der Waals surface area (Å²) in [5, 5.41) is 0. The molecule has 1 aliphatic rings. The molecule has 0 unspecified atom stereocenters. The zero-order valence-electron chi connectivity index (χ0n) is 14.7. The summed E-state index contributed by atoms with van der Waals surface area (Å²) in [6, 6.07) is 11.0. The molecule has 1 fully saturated rings. The molecule has 7 heteroatoms. The van der Waals surface area contributed by atoms with Gasteiger partial charge in [-0.25, -0.2) is 8.42 Å². The van der Waals surface area contributed by atoms with Gasteiger partial charge in [0.1, 0.15) is 0 Å². The Kier molecular flexibility index (Phi) is 4.82. The van der Waals surface area contributed by atoms with Gasteiger partial charge in [0.15, 0.2) is 5.78 Å². The van der Waals surface area contributed by atoms with E-state index in [1.807, 2.05) is 6.92 Å². The van der Waals surface area contributed by atoms with E-state index >= 15 is 0 Å². The Hall–Kier alpha value is -2.67. The van der Waals surface area contributed by atoms with Gasteiger partial charge < -0.3 is 4.90 Å². The van der Waals surface area contributed by atoms with Crippen molar-refractivity contribution in [3.63, 3.8) is 0 Å². The largest absolute Gasteiger partial charge is 0.312 e. The topological polar surface area (TPSA) is 83.6 Å². The lowest BCUT2D eigenvalue weighted by Crippen LogP contribution is -2.24. The summed E-state index contributed by atoms with van der Waals surface area (Å²) in [4.78, 5) is 25.2. The SMILES string of the molecule is CC(=O)c1cccc(S(=O)(=O)Nc2ccc(C)c(N3CCCC3=O)c2)c1. The molecule has 3 rings (SSSR count). The number of carbonyl (C=O) groups is 2. The van der Waals surface area contributed by atoms with Crippen molar-refractivity contribution >= 4 is 33.1 Å². The van der Waals surface area contributed by atoms with Crippen LogP contribution in [0.15, 0.2) is 47.4 Å². The van der Waals surface area contributed by atoms with E-state index in [0.717, 1.165) is 12.0 Å². The van der Waals surface area contributed by atoms with Crippen LogP contribution >= 0.6 is 0 Å². The highest BCUT2D eigenvalue weighted by molar-refractivity contribution is 7.92. The van der Waals surface area contributed by atoms with Gasteiger partial charge in [0.05, 0.1) is 10.6 Å². The minimum absolute atomic E-state index is 0.0181. The highest BCUT2D eigenvalue weighted by Crippen LogP contribution is 2.29. The molecule has 0 radical (unpaired) electrons. The van der Waals surface area contributed by atoms with Crippen molar-refractivity contribution in [2.45, 2.75) is 31.6 Å². The van der Waals surface area contributed by atoms with E-state index < -0.39 is 10.0 Å². The first-order chi connectivity index (χ1) is 12.3. The Morgan fingerprint density at radius 2 is 1.92 bits per heavy atom. The van der Waals surface area contributed by atoms with Crippen LogP contribution in [0.1, 0.15) is 35.7 Å². The molecule has 1 heterocycles. The van der Waals surface area contributed by atoms with Gasteiger partial charge in [-0.3, -0.25) is 14.3 Å². The van der Waals surface area contributed by atoms with E-state index in [1.165, 1.54) is 25.1 Å². The summed E-state index contributed by atoms with van der Waals surface area (Å²) in [6.07, 6.45) is 1.30. The molecule has 1 N–H and O–H groups in total. The number of nitrogens with zero attached hydrogens (tertiary/aromatic N) is 1. The number of carbonyl (C=O) groups excluding carboxylic acids is 2. The van der Waals surface area contributed by atoms with Gasteiger partial charge >= 0.3 is 0 Å². The van der Waals surface area contributed by atoms with Crippen molar-refractivity contribution in [2.24, 2.45) is 0 Å². The fraction of sp³-hybridized carbons (Fsp3) is 0.263. The Labute approximate surface area is 152 Å². The van der Waals surface area contributed by atoms with Gasteiger partial charge in [0.2, 0.25) is 5.91 Å². The molecular weight excluding hydrogens is 352 g/mol. The van der Waals surface area contributed by atoms with Crippen molar-refractivity contribution < 1.29 is 18.0 Å². The minimum atomic E-state index is -3.84. The smallest absolute Gasteiger partial charge is 0.261 e. The molecule has 1 aliphatic heterocycles. The van der Waals surface area contributed by atoms with E-state index in [2.05, 4.69) is 4.72 Å². The second-order valence-corrected chi connectivity index (χ2v) is 8.02. The molecule has 2 aromatic carbocycles. The molecule has 0 atom stereocenters. The molecule has 1 saturated heterocycles. The molecule has 6 nitrogen and oxygen atoms in total. The quantitative estimate of drug-likeness (QED) is 0.818. The average molecular weight is 372 g/mol. The lowest BCUT2D eigenvalue weighted by Gasteiger charge is -2.19. The summed E-state index contributed by atoms with van der Waals surface area (Å²) in [5.74, 6) is -0.158. The number of anilines is 2. The van der Waals surface area contributed by atoms with Gasteiger partial charge in [-0.15, -0.1) is 0 Å². The Bertz CT molecular complexity index is 983. The van der Waals surface area contributed by atoms with Crippen LogP contribution in [0.3, 0.4) is 0 Å². The zero-order chi connectivity index (χ0) is 18.9. The Morgan fingerprint density at radius 3 is 2.58 bits per heavy atom. The lowest BCUT2D eigenvalue weighted by atomic mass is 10.1. The predicted molar refractivity (Wildman–Crippen MR) is 100 cm³/mol. The first-order valence-corrected chi connectivity index (χ1v) is 9.81. The predicted octanol–water partition coefficient (Wildman–Crippen LogP) is 3.13. The summed E-state index contributed by atoms with van der Waals surface area (Å²) >= 11 is 0. The van der Waals surface area contributed by atoms with Crippen LogP contribution in [0, 0.1) is 6.92 Å². The normalized spacial score (nSPS) is 14.5. The summed E-state index contributed by atoms with van der Waals surface area (Å²) in [7, 11) is -3.84. The van der Waals surface area contributed by atoms with Gasteiger partial charge in [-0.05, 0) is 50.1 Å². The Balaban J connectivity index is 1.92. The van der Waals surface area contributed by atoms with Crippen LogP contribution in [-0.2, 0) is 14.8 Å². The lowest BCUT2D eigenvalue weighted by molar-refractivity contribution is -0.117. The molecule has 0 spiro atoms. The van der Waals surface area contributed by atoms with Crippen LogP contribution < -0.4 is 9.62 Å². The average Bonchev–Trinajstić information content (AvgIpc) is 3.02. The standard InChI is InChI=1S/C19H20N2O4S/c1-13-8-9-16(12-18(13)21-10-4-7-19(21)23)20-26(24,25)17-6-3-5-15(11-17)14(2)22/h3,5-6,8-9,11-12,20H,4,7,10H2,1-2H3. The highest BCUT2D eigenvalue weighted by Gasteiger charge is 2.24. The van der Waals surface area contributed by atoms with Crippen LogP contribution in [-0.4, -0.2) is 26.7 Å². The zero-order valence-corrected chi connectivity index (χ0v) is 15.5. The van der Waals surface area contributed by atoms with Gasteiger partial charge in [-0.2, -0.15) is 0 Å². The molecule has 0 saturated carbocycles. The Morgan fingerprint density at radius 1 is 1.15 bits per heavy atom. The van der Waals surface area contributed by atoms with E-state index in [4.69, 9.17) is 0 Å². The number of sulfonamides is 1. The van der Waals surface area contributed by atoms with Gasteiger partial charge in [0.25, 0.3) is 10.0 Å². The minimum Gasteiger partial charge on any atom is -0.312 e. The third-order valence-corrected chi connectivity index (χ3v) is 5.76. The number of ketones is 1. The molecule has 0 bridgehead atoms. The van der Waals surface area contributed by atoms with Crippen LogP contribution in [0.4, 0.5) is 11.4 Å². The summed E-state index contributed by atoms with van der Waals surface area (Å²) < 4.78 is 27.8. The molecule has 0 aromatic heterocycles. The molecule has 136 valence electrons. The summed E-state index contributed by atoms with van der Waals surface area (Å²) in [5.41, 5.74) is 2.32.